The molecule has 3 aliphatic heterocycles. The molecule has 1 amide bonds. The van der Waals surface area contributed by atoms with Gasteiger partial charge in [0.25, 0.3) is 11.7 Å². The summed E-state index contributed by atoms with van der Waals surface area (Å²) in [5.74, 6) is -8.09. The zero-order valence-electron chi connectivity index (χ0n) is 42.4. The summed E-state index contributed by atoms with van der Waals surface area (Å²) < 4.78 is 47.3. The average molecular weight is 975 g/mol. The number of hydrogen-bond donors (Lipinski definition) is 2. The van der Waals surface area contributed by atoms with Gasteiger partial charge in [0, 0.05) is 58.5 Å². The van der Waals surface area contributed by atoms with E-state index in [0.29, 0.717) is 63.4 Å². The summed E-state index contributed by atoms with van der Waals surface area (Å²) in [5, 5.41) is 23.4. The van der Waals surface area contributed by atoms with Crippen LogP contribution >= 0.6 is 8.03 Å². The van der Waals surface area contributed by atoms with Crippen LogP contribution in [0, 0.1) is 35.5 Å². The Labute approximate surface area is 405 Å². The Morgan fingerprint density at radius 1 is 0.868 bits per heavy atom. The van der Waals surface area contributed by atoms with Crippen molar-refractivity contribution in [2.24, 2.45) is 35.5 Å². The van der Waals surface area contributed by atoms with Gasteiger partial charge in [0.15, 0.2) is 12.4 Å². The van der Waals surface area contributed by atoms with Gasteiger partial charge in [-0.2, -0.15) is 0 Å². The molecule has 1 aliphatic carbocycles. The maximum atomic E-state index is 14.5. The molecule has 0 spiro atoms. The summed E-state index contributed by atoms with van der Waals surface area (Å²) >= 11 is 0. The molecule has 16 atom stereocenters. The van der Waals surface area contributed by atoms with Gasteiger partial charge in [-0.3, -0.25) is 19.2 Å². The van der Waals surface area contributed by atoms with Gasteiger partial charge in [-0.1, -0.05) is 71.1 Å². The fourth-order valence-corrected chi connectivity index (χ4v) is 11.0. The highest BCUT2D eigenvalue weighted by molar-refractivity contribution is 7.38. The quantitative estimate of drug-likeness (QED) is 0.104. The van der Waals surface area contributed by atoms with Crippen molar-refractivity contribution in [3.05, 3.63) is 47.6 Å². The van der Waals surface area contributed by atoms with Gasteiger partial charge in [0.05, 0.1) is 18.3 Å². The van der Waals surface area contributed by atoms with Crippen molar-refractivity contribution in [1.29, 1.82) is 0 Å². The van der Waals surface area contributed by atoms with Gasteiger partial charge in [-0.05, 0) is 112 Å². The third kappa shape index (κ3) is 15.4. The Kier molecular flexibility index (Phi) is 22.6. The molecule has 2 N–H and O–H groups in total. The maximum Gasteiger partial charge on any atom is 0.505 e. The summed E-state index contributed by atoms with van der Waals surface area (Å²) in [6.07, 6.45) is 11.4. The standard InChI is InChI=1S/C52H81NO14P/c1-31-17-13-12-14-18-32(2)43(62-8)29-39-22-20-37(7)52(60,66-39)49(57)50(58)53-24-16-15-19-40(53)51(59)65-44(34(4)27-38-21-23-42(67-68(11)61)45(28-38)63-9)30-41(54)33(3)26-36(6)47(56)48(64-10)46(55)35(5)25-31/h12-14,17-18,26,31,33-35,37-40,42-45,47-48,56,60H,15-16,19-25,27-30H2,1-11H3/q+1/b14-12?,17-13+,32-18?,36-26+/t31-,33-,34-,35-,37-,38+,39+,40?,42+,43+,44+,45-,47-,48+,52-/m1/s1. The number of amides is 1. The number of rotatable bonds is 8. The van der Waals surface area contributed by atoms with E-state index in [2.05, 4.69) is 0 Å². The molecule has 68 heavy (non-hydrogen) atoms. The van der Waals surface area contributed by atoms with E-state index in [1.165, 1.54) is 18.7 Å². The SMILES string of the molecule is CO[C@H]1C[C@@H]2CC[C@@H](C)[C@@](O)(O2)C(=O)C(=O)N2CCCCC2C(=O)O[C@H]([C@H](C)C[C@@H]2CC[C@H](O[P+](C)=O)[C@H](OC)C2)CC(=O)[C@H](C)/C=C(\C)[C@@H](O)[C@@H](OC)C(=O)[C@H](C)C[C@H](C)/C=C/C=CC=C1C. The van der Waals surface area contributed by atoms with Crippen molar-refractivity contribution < 1.29 is 67.0 Å². The van der Waals surface area contributed by atoms with Crippen molar-refractivity contribution in [2.45, 2.75) is 180 Å². The second-order valence-corrected chi connectivity index (χ2v) is 21.2. The summed E-state index contributed by atoms with van der Waals surface area (Å²) in [7, 11) is 2.70. The summed E-state index contributed by atoms with van der Waals surface area (Å²) in [4.78, 5) is 72.1. The minimum Gasteiger partial charge on any atom is -0.460 e. The van der Waals surface area contributed by atoms with Crippen LogP contribution in [-0.4, -0.2) is 133 Å². The van der Waals surface area contributed by atoms with Crippen LogP contribution in [0.2, 0.25) is 0 Å². The Morgan fingerprint density at radius 2 is 1.59 bits per heavy atom. The van der Waals surface area contributed by atoms with Crippen LogP contribution in [0.25, 0.3) is 0 Å². The monoisotopic (exact) mass is 975 g/mol. The molecule has 2 bridgehead atoms. The van der Waals surface area contributed by atoms with Crippen LogP contribution in [0.15, 0.2) is 47.6 Å². The second kappa shape index (κ2) is 26.8. The molecular weight excluding hydrogens is 894 g/mol. The Hall–Kier alpha value is -3.27. The van der Waals surface area contributed by atoms with E-state index in [4.69, 9.17) is 28.2 Å². The minimum absolute atomic E-state index is 0.0125. The molecule has 0 aromatic rings. The Balaban J connectivity index is 1.70. The number of methoxy groups -OCH3 is 3. The molecule has 3 heterocycles. The molecule has 2 unspecified atom stereocenters. The molecule has 0 aromatic heterocycles. The molecule has 4 aliphatic rings. The van der Waals surface area contributed by atoms with E-state index in [9.17, 15) is 38.8 Å². The Morgan fingerprint density at radius 3 is 2.25 bits per heavy atom. The van der Waals surface area contributed by atoms with E-state index < -0.39 is 85.8 Å². The summed E-state index contributed by atoms with van der Waals surface area (Å²) in [6.45, 7) is 14.2. The van der Waals surface area contributed by atoms with E-state index in [1.54, 1.807) is 41.1 Å². The van der Waals surface area contributed by atoms with Crippen LogP contribution in [-0.2, 0) is 56.7 Å². The van der Waals surface area contributed by atoms with Crippen molar-refractivity contribution in [1.82, 2.24) is 4.90 Å². The molecule has 0 radical (unpaired) electrons. The third-order valence-electron chi connectivity index (χ3n) is 14.7. The van der Waals surface area contributed by atoms with E-state index >= 15 is 0 Å². The number of carbonyl (C=O) groups is 5. The van der Waals surface area contributed by atoms with Crippen molar-refractivity contribution in [3.8, 4) is 0 Å². The molecule has 1 saturated carbocycles. The lowest BCUT2D eigenvalue weighted by Gasteiger charge is -2.42. The Bertz CT molecular complexity index is 1880. The van der Waals surface area contributed by atoms with E-state index in [0.717, 1.165) is 12.0 Å². The number of nitrogens with zero attached hydrogens (tertiary/aromatic N) is 1. The number of piperidine rings is 1. The van der Waals surface area contributed by atoms with Gasteiger partial charge in [-0.25, -0.2) is 4.79 Å². The van der Waals surface area contributed by atoms with Gasteiger partial charge in [0.2, 0.25) is 5.79 Å². The predicted molar refractivity (Wildman–Crippen MR) is 258 cm³/mol. The molecule has 16 heteroatoms. The van der Waals surface area contributed by atoms with Crippen molar-refractivity contribution in [3.63, 3.8) is 0 Å². The first-order chi connectivity index (χ1) is 32.1. The number of esters is 1. The zero-order valence-corrected chi connectivity index (χ0v) is 43.3. The normalized spacial score (nSPS) is 38.1. The highest BCUT2D eigenvalue weighted by Crippen LogP contribution is 2.39. The number of ether oxygens (including phenoxy) is 5. The third-order valence-corrected chi connectivity index (χ3v) is 15.3. The zero-order chi connectivity index (χ0) is 50.5. The first-order valence-corrected chi connectivity index (χ1v) is 26.3. The lowest BCUT2D eigenvalue weighted by Crippen LogP contribution is -2.61. The number of Topliss-reactive ketones (excluding diaryl/α,β-unsaturated/α-hetero) is 3. The number of allylic oxidation sites excluding steroid dienone is 6. The van der Waals surface area contributed by atoms with Crippen molar-refractivity contribution >= 4 is 37.3 Å². The molecule has 4 rings (SSSR count). The molecule has 3 fully saturated rings. The van der Waals surface area contributed by atoms with Crippen LogP contribution in [0.4, 0.5) is 0 Å². The largest absolute Gasteiger partial charge is 0.505 e. The van der Waals surface area contributed by atoms with Crippen LogP contribution in [0.1, 0.15) is 126 Å². The van der Waals surface area contributed by atoms with Crippen molar-refractivity contribution in [2.75, 3.05) is 34.5 Å². The van der Waals surface area contributed by atoms with Crippen LogP contribution in [0.3, 0.4) is 0 Å². The highest BCUT2D eigenvalue weighted by atomic mass is 31.1. The minimum atomic E-state index is -2.44. The number of aliphatic hydroxyl groups is 2. The first kappa shape index (κ1) is 57.3. The fourth-order valence-electron chi connectivity index (χ4n) is 10.4. The number of fused-ring (bicyclic) bond motifs is 3. The number of ketones is 3. The van der Waals surface area contributed by atoms with Gasteiger partial charge < -0.3 is 38.8 Å². The van der Waals surface area contributed by atoms with Gasteiger partial charge in [0.1, 0.15) is 36.2 Å². The van der Waals surface area contributed by atoms with Crippen LogP contribution < -0.4 is 0 Å². The summed E-state index contributed by atoms with van der Waals surface area (Å²) in [5.41, 5.74) is 1.25. The van der Waals surface area contributed by atoms with Gasteiger partial charge in [-0.15, -0.1) is 4.52 Å². The maximum absolute atomic E-state index is 14.5. The molecule has 15 nitrogen and oxygen atoms in total. The molecular formula is C52H81NO14P+. The molecule has 382 valence electrons. The second-order valence-electron chi connectivity index (χ2n) is 20.1. The van der Waals surface area contributed by atoms with E-state index in [-0.39, 0.29) is 60.9 Å². The lowest BCUT2D eigenvalue weighted by atomic mass is 9.78. The van der Waals surface area contributed by atoms with Crippen LogP contribution in [0.5, 0.6) is 0 Å². The number of carbonyl (C=O) groups excluding carboxylic acids is 5. The fraction of sp³-hybridized carbons (Fsp3) is 0.750. The highest BCUT2D eigenvalue weighted by Gasteiger charge is 2.53. The topological polar surface area (TPSA) is 201 Å². The van der Waals surface area contributed by atoms with Gasteiger partial charge >= 0.3 is 14.0 Å². The number of cyclic esters (lactones) is 1. The smallest absolute Gasteiger partial charge is 0.460 e. The number of hydrogen-bond acceptors (Lipinski definition) is 14. The van der Waals surface area contributed by atoms with E-state index in [1.807, 2.05) is 58.1 Å². The summed E-state index contributed by atoms with van der Waals surface area (Å²) in [6, 6.07) is -1.15. The number of aliphatic hydroxyl groups excluding tert-OH is 1. The molecule has 0 aromatic carbocycles. The first-order valence-electron chi connectivity index (χ1n) is 24.7. The average Bonchev–Trinajstić information content (AvgIpc) is 3.30. The lowest BCUT2D eigenvalue weighted by molar-refractivity contribution is -0.265. The predicted octanol–water partition coefficient (Wildman–Crippen LogP) is 7.58. The molecule has 2 saturated heterocycles.